The van der Waals surface area contributed by atoms with E-state index in [0.29, 0.717) is 63.8 Å². The summed E-state index contributed by atoms with van der Waals surface area (Å²) in [6.45, 7) is 12.8. The molecule has 2 amide bonds. The molecule has 2 atom stereocenters. The molecule has 0 aliphatic carbocycles. The van der Waals surface area contributed by atoms with Crippen molar-refractivity contribution >= 4 is 40.2 Å². The van der Waals surface area contributed by atoms with Gasteiger partial charge in [-0.15, -0.1) is 11.3 Å². The highest BCUT2D eigenvalue weighted by atomic mass is 32.1. The fraction of sp³-hybridized carbons (Fsp3) is 0.468. The van der Waals surface area contributed by atoms with Crippen LogP contribution in [0.25, 0.3) is 33.4 Å². The molecule has 322 valence electrons. The predicted molar refractivity (Wildman–Crippen MR) is 235 cm³/mol. The molecule has 2 aromatic carbocycles. The number of hydrogen-bond donors (Lipinski definition) is 3. The van der Waals surface area contributed by atoms with E-state index in [1.165, 1.54) is 16.3 Å². The lowest BCUT2D eigenvalue weighted by Gasteiger charge is -2.38. The van der Waals surface area contributed by atoms with Crippen molar-refractivity contribution in [3.8, 4) is 22.5 Å². The first kappa shape index (κ1) is 42.5. The molecule has 4 N–H and O–H groups in total. The third-order valence-electron chi connectivity index (χ3n) is 12.4. The number of likely N-dealkylation sites (tertiary alicyclic amines) is 1. The molecule has 3 aliphatic rings. The molecule has 6 bridgehead atoms. The summed E-state index contributed by atoms with van der Waals surface area (Å²) >= 11 is 1.48. The van der Waals surface area contributed by atoms with Gasteiger partial charge in [0.05, 0.1) is 40.3 Å². The average molecular weight is 848 g/mol. The van der Waals surface area contributed by atoms with Gasteiger partial charge < -0.3 is 29.8 Å². The number of cyclic esters (lactones) is 1. The topological polar surface area (TPSA) is 165 Å². The monoisotopic (exact) mass is 847 g/mol. The molecule has 13 nitrogen and oxygen atoms in total. The second-order valence-corrected chi connectivity index (χ2v) is 18.8. The normalized spacial score (nSPS) is 20.7. The average Bonchev–Trinajstić information content (AvgIpc) is 3.86. The number of carbonyl (C=O) groups excluding carboxylic acids is 3. The van der Waals surface area contributed by atoms with Crippen molar-refractivity contribution in [1.82, 2.24) is 29.9 Å². The number of benzene rings is 2. The van der Waals surface area contributed by atoms with Gasteiger partial charge in [0.25, 0.3) is 5.91 Å². The second-order valence-electron chi connectivity index (χ2n) is 17.9. The van der Waals surface area contributed by atoms with Crippen molar-refractivity contribution in [3.05, 3.63) is 93.6 Å². The Morgan fingerprint density at radius 1 is 1.10 bits per heavy atom. The first-order valence-electron chi connectivity index (χ1n) is 21.5. The number of thiazole rings is 1. The van der Waals surface area contributed by atoms with E-state index in [-0.39, 0.29) is 31.5 Å². The van der Waals surface area contributed by atoms with Gasteiger partial charge in [-0.05, 0) is 74.3 Å². The van der Waals surface area contributed by atoms with E-state index in [2.05, 4.69) is 68.9 Å². The number of aromatic nitrogens is 3. The van der Waals surface area contributed by atoms with Crippen LogP contribution < -0.4 is 11.2 Å². The van der Waals surface area contributed by atoms with Crippen LogP contribution in [0.3, 0.4) is 0 Å². The Labute approximate surface area is 361 Å². The number of carbonyl (C=O) groups is 3. The quantitative estimate of drug-likeness (QED) is 0.151. The van der Waals surface area contributed by atoms with Gasteiger partial charge in [0.1, 0.15) is 12.6 Å². The number of esters is 1. The van der Waals surface area contributed by atoms with Gasteiger partial charge in [-0.1, -0.05) is 64.1 Å². The number of hydrazine groups is 1. The minimum Gasteiger partial charge on any atom is -0.464 e. The molecule has 2 saturated heterocycles. The minimum atomic E-state index is -1.21. The highest BCUT2D eigenvalue weighted by Gasteiger charge is 2.38. The van der Waals surface area contributed by atoms with E-state index in [0.717, 1.165) is 55.2 Å². The van der Waals surface area contributed by atoms with Gasteiger partial charge in [-0.3, -0.25) is 19.6 Å². The summed E-state index contributed by atoms with van der Waals surface area (Å²) in [5.74, 6) is -0.606. The van der Waals surface area contributed by atoms with Crippen LogP contribution >= 0.6 is 11.3 Å². The van der Waals surface area contributed by atoms with E-state index in [9.17, 15) is 19.5 Å². The van der Waals surface area contributed by atoms with Gasteiger partial charge in [0.15, 0.2) is 0 Å². The zero-order chi connectivity index (χ0) is 43.1. The van der Waals surface area contributed by atoms with Gasteiger partial charge in [0, 0.05) is 77.2 Å². The molecule has 5 aromatic rings. The van der Waals surface area contributed by atoms with E-state index in [4.69, 9.17) is 25.2 Å². The van der Waals surface area contributed by atoms with Gasteiger partial charge in [0.2, 0.25) is 0 Å². The van der Waals surface area contributed by atoms with E-state index >= 15 is 0 Å². The molecule has 14 heteroatoms. The Kier molecular flexibility index (Phi) is 12.1. The van der Waals surface area contributed by atoms with Crippen molar-refractivity contribution < 1.29 is 29.0 Å². The summed E-state index contributed by atoms with van der Waals surface area (Å²) < 4.78 is 14.0. The lowest BCUT2D eigenvalue weighted by Crippen LogP contribution is -2.59. The SMILES string of the molecule is CCn1c(-c2cc(C3(O)CCN(C(=O)OCc4ccccc4)CC3)cnc2C(C)C)c2c3cc(ccc31)-c1csc(n1)C[C@H](N)C(=O)N1CCC[C@H](N1)C(=O)OCC(C)(C)C2. The number of nitrogens with zero attached hydrogens (tertiary/aromatic N) is 5. The van der Waals surface area contributed by atoms with Crippen molar-refractivity contribution in [2.45, 2.75) is 110 Å². The molecule has 3 aliphatic heterocycles. The van der Waals surface area contributed by atoms with E-state index in [1.807, 2.05) is 35.7 Å². The minimum absolute atomic E-state index is 0.0634. The van der Waals surface area contributed by atoms with Crippen LogP contribution in [0.4, 0.5) is 4.79 Å². The Morgan fingerprint density at radius 2 is 1.87 bits per heavy atom. The third-order valence-corrected chi connectivity index (χ3v) is 13.2. The number of ether oxygens (including phenoxy) is 2. The first-order chi connectivity index (χ1) is 29.2. The zero-order valence-electron chi connectivity index (χ0n) is 35.8. The summed E-state index contributed by atoms with van der Waals surface area (Å²) in [6.07, 6.45) is 4.12. The molecule has 0 radical (unpaired) electrons. The number of fused-ring (bicyclic) bond motifs is 6. The summed E-state index contributed by atoms with van der Waals surface area (Å²) in [5.41, 5.74) is 16.2. The number of hydrogen-bond acceptors (Lipinski definition) is 11. The Morgan fingerprint density at radius 3 is 2.61 bits per heavy atom. The molecular weight excluding hydrogens is 791 g/mol. The predicted octanol–water partition coefficient (Wildman–Crippen LogP) is 7.08. The number of aliphatic hydroxyl groups is 1. The number of pyridine rings is 1. The molecule has 0 spiro atoms. The van der Waals surface area contributed by atoms with Crippen molar-refractivity contribution in [3.63, 3.8) is 0 Å². The Hall–Kier alpha value is -5.15. The fourth-order valence-corrected chi connectivity index (χ4v) is 9.82. The maximum atomic E-state index is 13.6. The van der Waals surface area contributed by atoms with Crippen LogP contribution in [0, 0.1) is 5.41 Å². The summed E-state index contributed by atoms with van der Waals surface area (Å²) in [7, 11) is 0. The first-order valence-corrected chi connectivity index (χ1v) is 22.4. The van der Waals surface area contributed by atoms with Gasteiger partial charge in [-0.25, -0.2) is 15.2 Å². The summed E-state index contributed by atoms with van der Waals surface area (Å²) in [6, 6.07) is 16.7. The van der Waals surface area contributed by atoms with E-state index in [1.54, 1.807) is 11.1 Å². The van der Waals surface area contributed by atoms with Crippen molar-refractivity contribution in [2.75, 3.05) is 26.2 Å². The Bertz CT molecular complexity index is 2420. The summed E-state index contributed by atoms with van der Waals surface area (Å²) in [4.78, 5) is 51.8. The number of rotatable bonds is 6. The van der Waals surface area contributed by atoms with Crippen LogP contribution in [0.5, 0.6) is 0 Å². The zero-order valence-corrected chi connectivity index (χ0v) is 36.6. The number of nitrogens with two attached hydrogens (primary N) is 1. The van der Waals surface area contributed by atoms with E-state index < -0.39 is 35.2 Å². The lowest BCUT2D eigenvalue weighted by atomic mass is 9.82. The number of amides is 2. The summed E-state index contributed by atoms with van der Waals surface area (Å²) in [5, 5.41) is 17.6. The molecule has 61 heavy (non-hydrogen) atoms. The smallest absolute Gasteiger partial charge is 0.410 e. The second kappa shape index (κ2) is 17.3. The highest BCUT2D eigenvalue weighted by Crippen LogP contribution is 2.44. The van der Waals surface area contributed by atoms with Crippen LogP contribution in [-0.2, 0) is 50.7 Å². The number of aryl methyl sites for hydroxylation is 1. The number of piperidine rings is 1. The molecule has 8 rings (SSSR count). The molecule has 0 unspecified atom stereocenters. The van der Waals surface area contributed by atoms with Crippen LogP contribution in [-0.4, -0.2) is 85.8 Å². The Balaban J connectivity index is 1.18. The standard InChI is InChI=1S/C47H57N7O6S/c1-6-53-39-15-14-31-21-33(39)35(24-46(4,5)28-60-44(56)37-13-10-18-54(51-37)43(55)36(48)23-40-50-38(31)27-61-40)42(53)34-22-32(25-49-41(34)29(2)3)47(58)16-19-52(20-17-47)45(57)59-26-30-11-8-7-9-12-30/h7-9,11-12,14-15,21-22,25,27,29,36-37,51,58H,6,10,13,16-20,23-24,26,28,48H2,1-5H3/t36-,37-/m0/s1. The molecule has 6 heterocycles. The third kappa shape index (κ3) is 8.81. The van der Waals surface area contributed by atoms with Crippen LogP contribution in [0.2, 0.25) is 0 Å². The van der Waals surface area contributed by atoms with Crippen LogP contribution in [0.15, 0.2) is 66.2 Å². The van der Waals surface area contributed by atoms with Crippen molar-refractivity contribution in [1.29, 1.82) is 0 Å². The lowest BCUT2D eigenvalue weighted by molar-refractivity contribution is -0.154. The molecule has 2 fully saturated rings. The molecular formula is C47H57N7O6S. The van der Waals surface area contributed by atoms with Gasteiger partial charge in [-0.2, -0.15) is 0 Å². The van der Waals surface area contributed by atoms with Crippen LogP contribution in [0.1, 0.15) is 93.6 Å². The largest absolute Gasteiger partial charge is 0.464 e. The molecule has 0 saturated carbocycles. The maximum absolute atomic E-state index is 13.6. The fourth-order valence-electron chi connectivity index (χ4n) is 8.96. The van der Waals surface area contributed by atoms with Crippen molar-refractivity contribution in [2.24, 2.45) is 11.1 Å². The number of nitrogens with one attached hydrogen (secondary N) is 1. The van der Waals surface area contributed by atoms with Gasteiger partial charge >= 0.3 is 12.1 Å². The highest BCUT2D eigenvalue weighted by molar-refractivity contribution is 7.10. The molecule has 3 aromatic heterocycles. The maximum Gasteiger partial charge on any atom is 0.410 e.